The van der Waals surface area contributed by atoms with E-state index in [0.29, 0.717) is 19.0 Å². The molecule has 0 spiro atoms. The fourth-order valence-corrected chi connectivity index (χ4v) is 2.26. The van der Waals surface area contributed by atoms with Crippen LogP contribution in [-0.2, 0) is 14.3 Å². The van der Waals surface area contributed by atoms with Crippen molar-refractivity contribution < 1.29 is 14.3 Å². The maximum Gasteiger partial charge on any atom is 0.325 e. The Morgan fingerprint density at radius 3 is 2.20 bits per heavy atom. The molecule has 1 atom stereocenters. The van der Waals surface area contributed by atoms with Crippen molar-refractivity contribution in [3.8, 4) is 0 Å². The van der Waals surface area contributed by atoms with E-state index in [-0.39, 0.29) is 24.3 Å². The Bertz CT molecular complexity index is 291. The van der Waals surface area contributed by atoms with E-state index < -0.39 is 0 Å². The van der Waals surface area contributed by atoms with Gasteiger partial charge in [-0.05, 0) is 12.3 Å². The van der Waals surface area contributed by atoms with Crippen molar-refractivity contribution in [2.45, 2.75) is 46.5 Å². The Hall–Kier alpha value is -1.10. The van der Waals surface area contributed by atoms with E-state index in [1.807, 2.05) is 6.92 Å². The lowest BCUT2D eigenvalue weighted by Crippen LogP contribution is -2.44. The van der Waals surface area contributed by atoms with Crippen LogP contribution in [0.2, 0.25) is 0 Å². The molecule has 0 aromatic carbocycles. The van der Waals surface area contributed by atoms with Crippen LogP contribution in [0, 0.1) is 11.8 Å². The normalized spacial score (nSPS) is 12.3. The molecule has 118 valence electrons. The summed E-state index contributed by atoms with van der Waals surface area (Å²) in [6.45, 7) is 7.17. The molecule has 0 radical (unpaired) electrons. The summed E-state index contributed by atoms with van der Waals surface area (Å²) < 4.78 is 4.69. The number of hydrogen-bond donors (Lipinski definition) is 1. The Kier molecular flexibility index (Phi) is 10.1. The zero-order chi connectivity index (χ0) is 15.5. The smallest absolute Gasteiger partial charge is 0.325 e. The Morgan fingerprint density at radius 1 is 1.20 bits per heavy atom. The molecule has 0 aromatic rings. The molecule has 0 fully saturated rings. The van der Waals surface area contributed by atoms with Crippen molar-refractivity contribution in [2.75, 3.05) is 26.7 Å². The number of nitrogens with two attached hydrogens (primary N) is 1. The van der Waals surface area contributed by atoms with E-state index in [0.717, 1.165) is 25.7 Å². The molecule has 1 unspecified atom stereocenters. The minimum atomic E-state index is -0.378. The summed E-state index contributed by atoms with van der Waals surface area (Å²) in [6.07, 6.45) is 3.64. The lowest BCUT2D eigenvalue weighted by atomic mass is 9.99. The molecule has 5 nitrogen and oxygen atoms in total. The molecule has 0 aromatic heterocycles. The van der Waals surface area contributed by atoms with Gasteiger partial charge in [-0.2, -0.15) is 0 Å². The van der Waals surface area contributed by atoms with E-state index >= 15 is 0 Å². The van der Waals surface area contributed by atoms with E-state index in [9.17, 15) is 9.59 Å². The molecule has 0 bridgehead atoms. The number of carbonyl (C=O) groups is 2. The summed E-state index contributed by atoms with van der Waals surface area (Å²) in [5.74, 6) is -0.189. The van der Waals surface area contributed by atoms with Crippen LogP contribution in [0.3, 0.4) is 0 Å². The van der Waals surface area contributed by atoms with Gasteiger partial charge in [0.05, 0.1) is 13.0 Å². The first-order valence-electron chi connectivity index (χ1n) is 7.59. The molecule has 0 aliphatic carbocycles. The highest BCUT2D eigenvalue weighted by Crippen LogP contribution is 2.15. The summed E-state index contributed by atoms with van der Waals surface area (Å²) in [6, 6.07) is 0. The van der Waals surface area contributed by atoms with Crippen molar-refractivity contribution in [1.82, 2.24) is 4.90 Å². The number of amides is 1. The second kappa shape index (κ2) is 10.7. The first kappa shape index (κ1) is 18.9. The Labute approximate surface area is 122 Å². The monoisotopic (exact) mass is 286 g/mol. The lowest BCUT2D eigenvalue weighted by Gasteiger charge is -2.29. The third kappa shape index (κ3) is 6.37. The van der Waals surface area contributed by atoms with Gasteiger partial charge in [-0.3, -0.25) is 9.59 Å². The molecular formula is C15H30N2O3. The van der Waals surface area contributed by atoms with Crippen LogP contribution in [-0.4, -0.2) is 43.5 Å². The third-order valence-electron chi connectivity index (χ3n) is 3.76. The van der Waals surface area contributed by atoms with Crippen molar-refractivity contribution in [3.63, 3.8) is 0 Å². The minimum Gasteiger partial charge on any atom is -0.468 e. The van der Waals surface area contributed by atoms with Crippen molar-refractivity contribution in [1.29, 1.82) is 0 Å². The van der Waals surface area contributed by atoms with Crippen LogP contribution in [0.25, 0.3) is 0 Å². The predicted molar refractivity (Wildman–Crippen MR) is 80.1 cm³/mol. The quantitative estimate of drug-likeness (QED) is 0.622. The van der Waals surface area contributed by atoms with Crippen molar-refractivity contribution >= 4 is 11.9 Å². The summed E-state index contributed by atoms with van der Waals surface area (Å²) in [5, 5.41) is 0. The van der Waals surface area contributed by atoms with Crippen LogP contribution < -0.4 is 5.73 Å². The number of ether oxygens (including phenoxy) is 1. The van der Waals surface area contributed by atoms with Gasteiger partial charge in [0.1, 0.15) is 6.54 Å². The number of nitrogens with zero attached hydrogens (tertiary/aromatic N) is 1. The molecule has 0 saturated carbocycles. The van der Waals surface area contributed by atoms with Gasteiger partial charge in [-0.25, -0.2) is 0 Å². The van der Waals surface area contributed by atoms with E-state index in [1.54, 1.807) is 4.90 Å². The van der Waals surface area contributed by atoms with Crippen LogP contribution in [0.1, 0.15) is 46.5 Å². The number of methoxy groups -OCH3 is 1. The number of hydrogen-bond acceptors (Lipinski definition) is 4. The molecule has 0 heterocycles. The average Bonchev–Trinajstić information content (AvgIpc) is 2.47. The van der Waals surface area contributed by atoms with E-state index in [2.05, 4.69) is 18.6 Å². The Morgan fingerprint density at radius 2 is 1.80 bits per heavy atom. The second-order valence-corrected chi connectivity index (χ2v) is 5.20. The molecule has 0 aliphatic heterocycles. The zero-order valence-electron chi connectivity index (χ0n) is 13.4. The maximum atomic E-state index is 12.5. The SMILES string of the molecule is CCCC(CN)C(=O)N(CC(=O)OC)CC(CC)CC. The van der Waals surface area contributed by atoms with Gasteiger partial charge in [-0.1, -0.05) is 40.0 Å². The molecule has 2 N–H and O–H groups in total. The van der Waals surface area contributed by atoms with Crippen LogP contribution in [0.15, 0.2) is 0 Å². The predicted octanol–water partition coefficient (Wildman–Crippen LogP) is 1.80. The van der Waals surface area contributed by atoms with Crippen molar-refractivity contribution in [2.24, 2.45) is 17.6 Å². The second-order valence-electron chi connectivity index (χ2n) is 5.20. The lowest BCUT2D eigenvalue weighted by molar-refractivity contribution is -0.149. The molecule has 0 aliphatic rings. The fraction of sp³-hybridized carbons (Fsp3) is 0.867. The summed E-state index contributed by atoms with van der Waals surface area (Å²) in [5.41, 5.74) is 5.69. The van der Waals surface area contributed by atoms with Gasteiger partial charge < -0.3 is 15.4 Å². The number of esters is 1. The van der Waals surface area contributed by atoms with Gasteiger partial charge in [0.2, 0.25) is 5.91 Å². The first-order chi connectivity index (χ1) is 9.53. The maximum absolute atomic E-state index is 12.5. The highest BCUT2D eigenvalue weighted by Gasteiger charge is 2.26. The number of rotatable bonds is 10. The molecule has 20 heavy (non-hydrogen) atoms. The van der Waals surface area contributed by atoms with Gasteiger partial charge in [-0.15, -0.1) is 0 Å². The highest BCUT2D eigenvalue weighted by atomic mass is 16.5. The van der Waals surface area contributed by atoms with E-state index in [1.165, 1.54) is 7.11 Å². The number of carbonyl (C=O) groups excluding carboxylic acids is 2. The molecule has 0 saturated heterocycles. The van der Waals surface area contributed by atoms with Gasteiger partial charge in [0, 0.05) is 13.1 Å². The average molecular weight is 286 g/mol. The van der Waals surface area contributed by atoms with Crippen molar-refractivity contribution in [3.05, 3.63) is 0 Å². The topological polar surface area (TPSA) is 72.6 Å². The molecule has 5 heteroatoms. The summed E-state index contributed by atoms with van der Waals surface area (Å²) in [7, 11) is 1.34. The van der Waals surface area contributed by atoms with Gasteiger partial charge in [0.15, 0.2) is 0 Å². The van der Waals surface area contributed by atoms with Crippen LogP contribution in [0.4, 0.5) is 0 Å². The van der Waals surface area contributed by atoms with Gasteiger partial charge >= 0.3 is 5.97 Å². The summed E-state index contributed by atoms with van der Waals surface area (Å²) >= 11 is 0. The first-order valence-corrected chi connectivity index (χ1v) is 7.59. The van der Waals surface area contributed by atoms with Crippen LogP contribution in [0.5, 0.6) is 0 Å². The molecule has 0 rings (SSSR count). The Balaban J connectivity index is 4.88. The fourth-order valence-electron chi connectivity index (χ4n) is 2.26. The van der Waals surface area contributed by atoms with Crippen LogP contribution >= 0.6 is 0 Å². The van der Waals surface area contributed by atoms with E-state index in [4.69, 9.17) is 5.73 Å². The third-order valence-corrected chi connectivity index (χ3v) is 3.76. The minimum absolute atomic E-state index is 0.0199. The molecular weight excluding hydrogens is 256 g/mol. The highest BCUT2D eigenvalue weighted by molar-refractivity contribution is 5.83. The molecule has 1 amide bonds. The zero-order valence-corrected chi connectivity index (χ0v) is 13.4. The largest absolute Gasteiger partial charge is 0.468 e. The van der Waals surface area contributed by atoms with Gasteiger partial charge in [0.25, 0.3) is 0 Å². The summed E-state index contributed by atoms with van der Waals surface area (Å²) in [4.78, 5) is 25.6. The standard InChI is InChI=1S/C15H30N2O3/c1-5-8-13(9-16)15(19)17(11-14(18)20-4)10-12(6-2)7-3/h12-13H,5-11,16H2,1-4H3.